The predicted octanol–water partition coefficient (Wildman–Crippen LogP) is 3.98. The standard InChI is InChI=1S/C25H28N4O5/c1-16(28-24(31)19-12-8-14-21(29(33)34)22(19)25(28)32)23(30)26-20-13-7-6-9-17(20)15-27(2)18-10-4-3-5-11-18/h6-9,12-14,16,18H,3-5,10-11,15H2,1-2H3,(H,26,30). The third kappa shape index (κ3) is 4.43. The second-order valence-corrected chi connectivity index (χ2v) is 8.97. The molecule has 0 saturated heterocycles. The zero-order chi connectivity index (χ0) is 24.4. The maximum absolute atomic E-state index is 13.1. The minimum Gasteiger partial charge on any atom is -0.324 e. The molecule has 1 aliphatic carbocycles. The van der Waals surface area contributed by atoms with E-state index < -0.39 is 34.4 Å². The van der Waals surface area contributed by atoms with E-state index in [4.69, 9.17) is 0 Å². The molecule has 1 aliphatic heterocycles. The molecule has 1 heterocycles. The van der Waals surface area contributed by atoms with Crippen LogP contribution in [0.25, 0.3) is 0 Å². The summed E-state index contributed by atoms with van der Waals surface area (Å²) in [4.78, 5) is 52.6. The molecule has 34 heavy (non-hydrogen) atoms. The minimum atomic E-state index is -1.14. The first kappa shape index (κ1) is 23.6. The van der Waals surface area contributed by atoms with E-state index in [-0.39, 0.29) is 11.1 Å². The van der Waals surface area contributed by atoms with E-state index in [9.17, 15) is 24.5 Å². The maximum Gasteiger partial charge on any atom is 0.282 e. The molecule has 3 amide bonds. The third-order valence-electron chi connectivity index (χ3n) is 6.78. The van der Waals surface area contributed by atoms with Gasteiger partial charge in [-0.25, -0.2) is 0 Å². The number of carbonyl (C=O) groups excluding carboxylic acids is 3. The van der Waals surface area contributed by atoms with Crippen LogP contribution in [0.5, 0.6) is 0 Å². The molecule has 1 atom stereocenters. The van der Waals surface area contributed by atoms with Gasteiger partial charge in [-0.15, -0.1) is 0 Å². The van der Waals surface area contributed by atoms with Crippen LogP contribution in [0.1, 0.15) is 65.3 Å². The zero-order valence-electron chi connectivity index (χ0n) is 19.3. The van der Waals surface area contributed by atoms with Gasteiger partial charge < -0.3 is 5.32 Å². The van der Waals surface area contributed by atoms with Crippen LogP contribution in [0.2, 0.25) is 0 Å². The summed E-state index contributed by atoms with van der Waals surface area (Å²) in [5.74, 6) is -2.08. The quantitative estimate of drug-likeness (QED) is 0.377. The van der Waals surface area contributed by atoms with Crippen LogP contribution in [0.4, 0.5) is 11.4 Å². The van der Waals surface area contributed by atoms with Crippen LogP contribution in [-0.2, 0) is 11.3 Å². The van der Waals surface area contributed by atoms with Gasteiger partial charge in [0.15, 0.2) is 0 Å². The van der Waals surface area contributed by atoms with Crippen LogP contribution in [-0.4, -0.2) is 51.6 Å². The summed E-state index contributed by atoms with van der Waals surface area (Å²) in [6.07, 6.45) is 6.05. The largest absolute Gasteiger partial charge is 0.324 e. The van der Waals surface area contributed by atoms with Gasteiger partial charge in [-0.1, -0.05) is 43.5 Å². The topological polar surface area (TPSA) is 113 Å². The maximum atomic E-state index is 13.1. The van der Waals surface area contributed by atoms with Crippen molar-refractivity contribution in [3.8, 4) is 0 Å². The Morgan fingerprint density at radius 1 is 1.12 bits per heavy atom. The second-order valence-electron chi connectivity index (χ2n) is 8.97. The lowest BCUT2D eigenvalue weighted by Crippen LogP contribution is -2.45. The van der Waals surface area contributed by atoms with Gasteiger partial charge in [0.25, 0.3) is 17.5 Å². The average molecular weight is 465 g/mol. The number of nitrogens with zero attached hydrogens (tertiary/aromatic N) is 3. The van der Waals surface area contributed by atoms with Crippen molar-refractivity contribution >= 4 is 29.1 Å². The zero-order valence-corrected chi connectivity index (χ0v) is 19.3. The van der Waals surface area contributed by atoms with Crippen LogP contribution in [0, 0.1) is 10.1 Å². The van der Waals surface area contributed by atoms with Crippen molar-refractivity contribution in [2.45, 2.75) is 57.7 Å². The van der Waals surface area contributed by atoms with E-state index in [1.807, 2.05) is 18.2 Å². The average Bonchev–Trinajstić information content (AvgIpc) is 3.10. The molecule has 4 rings (SSSR count). The minimum absolute atomic E-state index is 0.0617. The number of para-hydroxylation sites is 1. The number of rotatable bonds is 7. The lowest BCUT2D eigenvalue weighted by atomic mass is 9.94. The highest BCUT2D eigenvalue weighted by atomic mass is 16.6. The molecule has 1 fully saturated rings. The van der Waals surface area contributed by atoms with Gasteiger partial charge in [-0.2, -0.15) is 0 Å². The number of amides is 3. The number of nitro benzene ring substituents is 1. The molecule has 1 saturated carbocycles. The number of fused-ring (bicyclic) bond motifs is 1. The SMILES string of the molecule is CC(C(=O)Nc1ccccc1CN(C)C1CCCCC1)N1C(=O)c2cccc([N+](=O)[O-])c2C1=O. The van der Waals surface area contributed by atoms with Gasteiger partial charge in [0.05, 0.1) is 10.5 Å². The molecule has 0 bridgehead atoms. The normalized spacial score (nSPS) is 17.1. The summed E-state index contributed by atoms with van der Waals surface area (Å²) in [6.45, 7) is 2.11. The van der Waals surface area contributed by atoms with Crippen molar-refractivity contribution in [2.24, 2.45) is 0 Å². The molecule has 178 valence electrons. The summed E-state index contributed by atoms with van der Waals surface area (Å²) in [7, 11) is 2.09. The number of nitro groups is 1. The Morgan fingerprint density at radius 2 is 1.82 bits per heavy atom. The molecule has 1 N–H and O–H groups in total. The van der Waals surface area contributed by atoms with Crippen molar-refractivity contribution in [1.82, 2.24) is 9.80 Å². The Hall–Kier alpha value is -3.59. The number of hydrogen-bond acceptors (Lipinski definition) is 6. The summed E-state index contributed by atoms with van der Waals surface area (Å²) < 4.78 is 0. The van der Waals surface area contributed by atoms with Crippen LogP contribution < -0.4 is 5.32 Å². The van der Waals surface area contributed by atoms with Crippen LogP contribution in [0.15, 0.2) is 42.5 Å². The van der Waals surface area contributed by atoms with E-state index in [2.05, 4.69) is 17.3 Å². The molecule has 0 radical (unpaired) electrons. The van der Waals surface area contributed by atoms with Gasteiger partial charge in [0, 0.05) is 24.3 Å². The summed E-state index contributed by atoms with van der Waals surface area (Å²) in [6, 6.07) is 10.7. The first-order chi connectivity index (χ1) is 16.3. The van der Waals surface area contributed by atoms with Gasteiger partial charge in [-0.3, -0.25) is 34.3 Å². The van der Waals surface area contributed by atoms with Crippen molar-refractivity contribution in [1.29, 1.82) is 0 Å². The lowest BCUT2D eigenvalue weighted by Gasteiger charge is -2.31. The lowest BCUT2D eigenvalue weighted by molar-refractivity contribution is -0.385. The smallest absolute Gasteiger partial charge is 0.282 e. The fourth-order valence-corrected chi connectivity index (χ4v) is 4.84. The molecule has 2 aromatic carbocycles. The fraction of sp³-hybridized carbons (Fsp3) is 0.400. The molecular formula is C25H28N4O5. The number of anilines is 1. The van der Waals surface area contributed by atoms with Gasteiger partial charge in [0.2, 0.25) is 5.91 Å². The number of nitrogens with one attached hydrogen (secondary N) is 1. The van der Waals surface area contributed by atoms with Crippen LogP contribution in [0.3, 0.4) is 0 Å². The highest BCUT2D eigenvalue weighted by Gasteiger charge is 2.44. The Labute approximate surface area is 197 Å². The molecule has 0 spiro atoms. The second kappa shape index (κ2) is 9.72. The van der Waals surface area contributed by atoms with Crippen molar-refractivity contribution in [2.75, 3.05) is 12.4 Å². The molecule has 9 nitrogen and oxygen atoms in total. The Kier molecular flexibility index (Phi) is 6.74. The summed E-state index contributed by atoms with van der Waals surface area (Å²) in [5.41, 5.74) is 0.779. The molecule has 9 heteroatoms. The summed E-state index contributed by atoms with van der Waals surface area (Å²) >= 11 is 0. The van der Waals surface area contributed by atoms with E-state index >= 15 is 0 Å². The molecule has 2 aliphatic rings. The number of imide groups is 1. The van der Waals surface area contributed by atoms with E-state index in [1.54, 1.807) is 6.07 Å². The Balaban J connectivity index is 1.50. The predicted molar refractivity (Wildman–Crippen MR) is 126 cm³/mol. The number of carbonyl (C=O) groups is 3. The van der Waals surface area contributed by atoms with Crippen molar-refractivity contribution in [3.63, 3.8) is 0 Å². The van der Waals surface area contributed by atoms with E-state index in [1.165, 1.54) is 44.4 Å². The van der Waals surface area contributed by atoms with Crippen LogP contribution >= 0.6 is 0 Å². The molecule has 0 aromatic heterocycles. The molecule has 1 unspecified atom stereocenters. The first-order valence-electron chi connectivity index (χ1n) is 11.5. The third-order valence-corrected chi connectivity index (χ3v) is 6.78. The highest BCUT2D eigenvalue weighted by molar-refractivity contribution is 6.24. The Bertz CT molecular complexity index is 1140. The fourth-order valence-electron chi connectivity index (χ4n) is 4.84. The van der Waals surface area contributed by atoms with E-state index in [0.717, 1.165) is 23.3 Å². The van der Waals surface area contributed by atoms with Gasteiger partial charge in [0.1, 0.15) is 11.6 Å². The van der Waals surface area contributed by atoms with Crippen molar-refractivity contribution in [3.05, 3.63) is 69.3 Å². The van der Waals surface area contributed by atoms with Gasteiger partial charge >= 0.3 is 0 Å². The molecule has 2 aromatic rings. The van der Waals surface area contributed by atoms with Gasteiger partial charge in [-0.05, 0) is 44.5 Å². The van der Waals surface area contributed by atoms with E-state index in [0.29, 0.717) is 18.3 Å². The van der Waals surface area contributed by atoms with Crippen molar-refractivity contribution < 1.29 is 19.3 Å². The highest BCUT2D eigenvalue weighted by Crippen LogP contribution is 2.32. The first-order valence-corrected chi connectivity index (χ1v) is 11.5. The number of hydrogen-bond donors (Lipinski definition) is 1. The summed E-state index contributed by atoms with van der Waals surface area (Å²) in [5, 5.41) is 14.2. The Morgan fingerprint density at radius 3 is 2.53 bits per heavy atom. The monoisotopic (exact) mass is 464 g/mol. The molecular weight excluding hydrogens is 436 g/mol. The number of benzene rings is 2.